The highest BCUT2D eigenvalue weighted by atomic mass is 16.6. The fraction of sp³-hybridized carbons (Fsp3) is 0.636. The molecule has 49 heavy (non-hydrogen) atoms. The van der Waals surface area contributed by atoms with Gasteiger partial charge in [-0.25, -0.2) is 0 Å². The second-order valence-electron chi connectivity index (χ2n) is 12.6. The maximum absolute atomic E-state index is 12.2. The van der Waals surface area contributed by atoms with Crippen molar-refractivity contribution in [2.24, 2.45) is 0 Å². The van der Waals surface area contributed by atoms with Crippen LogP contribution in [0.3, 0.4) is 0 Å². The summed E-state index contributed by atoms with van der Waals surface area (Å²) in [5, 5.41) is 9.54. The number of esters is 2. The molecule has 0 spiro atoms. The summed E-state index contributed by atoms with van der Waals surface area (Å²) in [6.07, 6.45) is 53.5. The van der Waals surface area contributed by atoms with Crippen LogP contribution in [-0.4, -0.2) is 36.4 Å². The highest BCUT2D eigenvalue weighted by molar-refractivity contribution is 5.70. The first kappa shape index (κ1) is 46.1. The molecule has 0 aliphatic heterocycles. The van der Waals surface area contributed by atoms with E-state index in [0.717, 1.165) is 83.5 Å². The minimum absolute atomic E-state index is 0.0927. The highest BCUT2D eigenvalue weighted by Gasteiger charge is 2.16. The van der Waals surface area contributed by atoms with Gasteiger partial charge in [-0.2, -0.15) is 0 Å². The van der Waals surface area contributed by atoms with E-state index in [1.807, 2.05) is 0 Å². The number of aliphatic hydroxyl groups excluding tert-OH is 1. The lowest BCUT2D eigenvalue weighted by atomic mass is 10.1. The van der Waals surface area contributed by atoms with Gasteiger partial charge in [0.2, 0.25) is 0 Å². The summed E-state index contributed by atoms with van der Waals surface area (Å²) >= 11 is 0. The van der Waals surface area contributed by atoms with E-state index < -0.39 is 6.10 Å². The van der Waals surface area contributed by atoms with Crippen molar-refractivity contribution >= 4 is 11.9 Å². The predicted octanol–water partition coefficient (Wildman–Crippen LogP) is 12.3. The molecular weight excluding hydrogens is 608 g/mol. The number of hydrogen-bond donors (Lipinski definition) is 1. The minimum atomic E-state index is -0.802. The monoisotopic (exact) mass is 681 g/mol. The Hall–Kier alpha value is -2.92. The molecule has 278 valence electrons. The van der Waals surface area contributed by atoms with Gasteiger partial charge < -0.3 is 14.6 Å². The van der Waals surface area contributed by atoms with Crippen LogP contribution in [0.1, 0.15) is 162 Å². The third-order valence-electron chi connectivity index (χ3n) is 7.92. The summed E-state index contributed by atoms with van der Waals surface area (Å²) in [5.41, 5.74) is 0. The fourth-order valence-electron chi connectivity index (χ4n) is 4.96. The molecule has 1 atom stereocenters. The average Bonchev–Trinajstić information content (AvgIpc) is 3.10. The molecule has 0 radical (unpaired) electrons. The first-order valence-corrected chi connectivity index (χ1v) is 19.6. The molecule has 0 saturated carbocycles. The lowest BCUT2D eigenvalue weighted by Gasteiger charge is -2.15. The summed E-state index contributed by atoms with van der Waals surface area (Å²) in [6.45, 7) is 3.95. The predicted molar refractivity (Wildman–Crippen MR) is 209 cm³/mol. The van der Waals surface area contributed by atoms with Crippen LogP contribution in [0.2, 0.25) is 0 Å². The van der Waals surface area contributed by atoms with Gasteiger partial charge in [-0.1, -0.05) is 144 Å². The largest absolute Gasteiger partial charge is 0.462 e. The van der Waals surface area contributed by atoms with Gasteiger partial charge in [0.1, 0.15) is 6.61 Å². The summed E-state index contributed by atoms with van der Waals surface area (Å²) < 4.78 is 10.6. The lowest BCUT2D eigenvalue weighted by molar-refractivity contribution is -0.161. The SMILES string of the molecule is CC/C=C\C/C=C\C/C=C\C/C=C\C/C=C\C/C=C\CCCCC(=O)OC(CO)COC(=O)CCCCCCC/C=C\CCCCCCC. The quantitative estimate of drug-likeness (QED) is 0.0416. The molecule has 1 N–H and O–H groups in total. The van der Waals surface area contributed by atoms with Crippen molar-refractivity contribution in [3.63, 3.8) is 0 Å². The lowest BCUT2D eigenvalue weighted by Crippen LogP contribution is -2.28. The van der Waals surface area contributed by atoms with Crippen LogP contribution >= 0.6 is 0 Å². The van der Waals surface area contributed by atoms with Crippen LogP contribution in [0.15, 0.2) is 85.1 Å². The Bertz CT molecular complexity index is 952. The van der Waals surface area contributed by atoms with Crippen LogP contribution in [0.25, 0.3) is 0 Å². The molecule has 1 unspecified atom stereocenters. The average molecular weight is 681 g/mol. The topological polar surface area (TPSA) is 72.8 Å². The van der Waals surface area contributed by atoms with Gasteiger partial charge in [-0.3, -0.25) is 9.59 Å². The number of carbonyl (C=O) groups is 2. The third kappa shape index (κ3) is 37.7. The molecule has 0 heterocycles. The van der Waals surface area contributed by atoms with E-state index >= 15 is 0 Å². The number of unbranched alkanes of at least 4 members (excludes halogenated alkanes) is 12. The zero-order valence-electron chi connectivity index (χ0n) is 31.4. The molecule has 0 amide bonds. The Balaban J connectivity index is 3.71. The zero-order valence-corrected chi connectivity index (χ0v) is 31.4. The minimum Gasteiger partial charge on any atom is -0.462 e. The van der Waals surface area contributed by atoms with E-state index in [4.69, 9.17) is 9.47 Å². The molecule has 0 aromatic carbocycles. The molecule has 0 rings (SSSR count). The molecule has 0 fully saturated rings. The van der Waals surface area contributed by atoms with Crippen LogP contribution in [-0.2, 0) is 19.1 Å². The van der Waals surface area contributed by atoms with Gasteiger partial charge in [0.15, 0.2) is 6.10 Å². The molecular formula is C44H72O5. The Morgan fingerprint density at radius 3 is 1.39 bits per heavy atom. The van der Waals surface area contributed by atoms with Crippen LogP contribution in [0.4, 0.5) is 0 Å². The first-order chi connectivity index (χ1) is 24.1. The van der Waals surface area contributed by atoms with Crippen molar-refractivity contribution in [2.75, 3.05) is 13.2 Å². The first-order valence-electron chi connectivity index (χ1n) is 19.6. The molecule has 0 bridgehead atoms. The van der Waals surface area contributed by atoms with Gasteiger partial charge in [0, 0.05) is 12.8 Å². The van der Waals surface area contributed by atoms with E-state index in [9.17, 15) is 14.7 Å². The van der Waals surface area contributed by atoms with Gasteiger partial charge in [-0.15, -0.1) is 0 Å². The maximum Gasteiger partial charge on any atom is 0.306 e. The Morgan fingerprint density at radius 1 is 0.490 bits per heavy atom. The van der Waals surface area contributed by atoms with Gasteiger partial charge in [-0.05, 0) is 89.9 Å². The number of carbonyl (C=O) groups excluding carboxylic acids is 2. The Morgan fingerprint density at radius 2 is 0.878 bits per heavy atom. The van der Waals surface area contributed by atoms with Crippen molar-refractivity contribution in [1.29, 1.82) is 0 Å². The molecule has 0 aromatic rings. The normalized spacial score (nSPS) is 13.1. The van der Waals surface area contributed by atoms with Crippen molar-refractivity contribution in [3.8, 4) is 0 Å². The second kappa shape index (κ2) is 39.5. The van der Waals surface area contributed by atoms with E-state index in [1.165, 1.54) is 51.4 Å². The molecule has 0 aliphatic rings. The maximum atomic E-state index is 12.2. The van der Waals surface area contributed by atoms with E-state index in [0.29, 0.717) is 12.8 Å². The highest BCUT2D eigenvalue weighted by Crippen LogP contribution is 2.11. The summed E-state index contributed by atoms with van der Waals surface area (Å²) in [5.74, 6) is -0.660. The van der Waals surface area contributed by atoms with Gasteiger partial charge >= 0.3 is 11.9 Å². The van der Waals surface area contributed by atoms with Crippen molar-refractivity contribution in [3.05, 3.63) is 85.1 Å². The van der Waals surface area contributed by atoms with Crippen LogP contribution < -0.4 is 0 Å². The zero-order chi connectivity index (χ0) is 35.7. The molecule has 5 nitrogen and oxygen atoms in total. The molecule has 0 saturated heterocycles. The molecule has 0 aliphatic carbocycles. The number of allylic oxidation sites excluding steroid dienone is 14. The number of hydrogen-bond acceptors (Lipinski definition) is 5. The van der Waals surface area contributed by atoms with Crippen LogP contribution in [0.5, 0.6) is 0 Å². The summed E-state index contributed by atoms with van der Waals surface area (Å²) in [7, 11) is 0. The van der Waals surface area contributed by atoms with E-state index in [2.05, 4.69) is 98.9 Å². The third-order valence-corrected chi connectivity index (χ3v) is 7.92. The van der Waals surface area contributed by atoms with Crippen molar-refractivity contribution in [1.82, 2.24) is 0 Å². The second-order valence-corrected chi connectivity index (χ2v) is 12.6. The number of rotatable bonds is 34. The summed E-state index contributed by atoms with van der Waals surface area (Å²) in [6, 6.07) is 0. The van der Waals surface area contributed by atoms with E-state index in [-0.39, 0.29) is 25.2 Å². The number of ether oxygens (including phenoxy) is 2. The van der Waals surface area contributed by atoms with Crippen molar-refractivity contribution in [2.45, 2.75) is 168 Å². The summed E-state index contributed by atoms with van der Waals surface area (Å²) in [4.78, 5) is 24.2. The standard InChI is InChI=1S/C44H72O5/c1-3-5-7-9-11-13-15-17-19-20-21-22-23-24-25-27-29-31-33-35-37-39-44(47)49-42(40-45)41-48-43(46)38-36-34-32-30-28-26-18-16-14-12-10-8-6-4-2/h5,7,11,13,16-19,21-22,24-25,29,31,42,45H,3-4,6,8-10,12,14-15,20,23,26-28,30,32-41H2,1-2H3/b7-5-,13-11-,18-16-,19-17-,22-21-,25-24-,31-29-. The Labute approximate surface area is 301 Å². The smallest absolute Gasteiger partial charge is 0.306 e. The van der Waals surface area contributed by atoms with E-state index in [1.54, 1.807) is 0 Å². The molecule has 0 aromatic heterocycles. The van der Waals surface area contributed by atoms with Crippen molar-refractivity contribution < 1.29 is 24.2 Å². The fourth-order valence-corrected chi connectivity index (χ4v) is 4.96. The Kier molecular flexibility index (Phi) is 37.2. The van der Waals surface area contributed by atoms with Gasteiger partial charge in [0.05, 0.1) is 6.61 Å². The molecule has 5 heteroatoms. The van der Waals surface area contributed by atoms with Crippen LogP contribution in [0, 0.1) is 0 Å². The van der Waals surface area contributed by atoms with Gasteiger partial charge in [0.25, 0.3) is 0 Å². The number of aliphatic hydroxyl groups is 1.